The van der Waals surface area contributed by atoms with Crippen LogP contribution in [-0.2, 0) is 32.8 Å². The van der Waals surface area contributed by atoms with Gasteiger partial charge in [-0.05, 0) is 74.7 Å². The summed E-state index contributed by atoms with van der Waals surface area (Å²) in [6.07, 6.45) is 1.34. The number of halogens is 2. The smallest absolute Gasteiger partial charge is 0.244 e. The van der Waals surface area contributed by atoms with E-state index in [2.05, 4.69) is 5.32 Å². The van der Waals surface area contributed by atoms with Gasteiger partial charge >= 0.3 is 0 Å². The molecule has 0 radical (unpaired) electrons. The Labute approximate surface area is 258 Å². The molecule has 11 heteroatoms. The SMILES string of the molecule is CC[C@@H](C(=O)NC(C)(C)C)N(Cc1ccc(Cl)c(Cl)c1)C(=O)CN(c1ccc(OCc2ccccc2)cc1)S(C)(=O)=O. The molecule has 226 valence electrons. The van der Waals surface area contributed by atoms with Crippen molar-refractivity contribution in [3.63, 3.8) is 0 Å². The molecular weight excluding hydrogens is 597 g/mol. The number of amides is 2. The van der Waals surface area contributed by atoms with E-state index < -0.39 is 34.1 Å². The van der Waals surface area contributed by atoms with Crippen LogP contribution >= 0.6 is 23.2 Å². The fraction of sp³-hybridized carbons (Fsp3) is 0.355. The van der Waals surface area contributed by atoms with Crippen molar-refractivity contribution in [2.75, 3.05) is 17.1 Å². The van der Waals surface area contributed by atoms with Crippen LogP contribution < -0.4 is 14.4 Å². The Bertz CT molecular complexity index is 1480. The van der Waals surface area contributed by atoms with Gasteiger partial charge in [0, 0.05) is 12.1 Å². The van der Waals surface area contributed by atoms with Crippen molar-refractivity contribution in [2.24, 2.45) is 0 Å². The number of rotatable bonds is 12. The van der Waals surface area contributed by atoms with Gasteiger partial charge in [0.15, 0.2) is 0 Å². The molecule has 0 fully saturated rings. The van der Waals surface area contributed by atoms with Gasteiger partial charge in [-0.3, -0.25) is 13.9 Å². The third-order valence-corrected chi connectivity index (χ3v) is 8.15. The maximum absolute atomic E-state index is 13.9. The van der Waals surface area contributed by atoms with E-state index >= 15 is 0 Å². The standard InChI is InChI=1S/C31H37Cl2N3O5S/c1-6-28(30(38)34-31(2,3)4)35(19-23-12-17-26(32)27(33)18-23)29(37)20-36(42(5,39)40)24-13-15-25(16-14-24)41-21-22-10-8-7-9-11-22/h7-18,28H,6,19-21H2,1-5H3,(H,34,38)/t28-/m0/s1. The van der Waals surface area contributed by atoms with Crippen LogP contribution in [0.15, 0.2) is 72.8 Å². The van der Waals surface area contributed by atoms with Crippen LogP contribution in [0.4, 0.5) is 5.69 Å². The minimum atomic E-state index is -3.88. The minimum absolute atomic E-state index is 0.0235. The Kier molecular flexibility index (Phi) is 11.3. The molecule has 0 aliphatic heterocycles. The van der Waals surface area contributed by atoms with E-state index in [9.17, 15) is 18.0 Å². The van der Waals surface area contributed by atoms with Crippen molar-refractivity contribution in [3.05, 3.63) is 94.0 Å². The average Bonchev–Trinajstić information content (AvgIpc) is 2.91. The molecule has 3 rings (SSSR count). The van der Waals surface area contributed by atoms with Gasteiger partial charge in [0.25, 0.3) is 0 Å². The first-order chi connectivity index (χ1) is 19.7. The van der Waals surface area contributed by atoms with Crippen LogP contribution in [-0.4, -0.2) is 49.5 Å². The highest BCUT2D eigenvalue weighted by atomic mass is 35.5. The summed E-state index contributed by atoms with van der Waals surface area (Å²) in [7, 11) is -3.88. The molecule has 0 bridgehead atoms. The van der Waals surface area contributed by atoms with E-state index in [-0.39, 0.29) is 12.5 Å². The summed E-state index contributed by atoms with van der Waals surface area (Å²) in [5.41, 5.74) is 1.39. The van der Waals surface area contributed by atoms with Gasteiger partial charge < -0.3 is 15.0 Å². The van der Waals surface area contributed by atoms with Crippen LogP contribution in [0.2, 0.25) is 10.0 Å². The van der Waals surface area contributed by atoms with Gasteiger partial charge in [-0.2, -0.15) is 0 Å². The minimum Gasteiger partial charge on any atom is -0.489 e. The van der Waals surface area contributed by atoms with Crippen LogP contribution in [0, 0.1) is 0 Å². The first-order valence-electron chi connectivity index (χ1n) is 13.5. The van der Waals surface area contributed by atoms with E-state index in [0.29, 0.717) is 40.1 Å². The number of hydrogen-bond donors (Lipinski definition) is 1. The van der Waals surface area contributed by atoms with E-state index in [4.69, 9.17) is 27.9 Å². The van der Waals surface area contributed by atoms with Gasteiger partial charge in [0.05, 0.1) is 22.0 Å². The van der Waals surface area contributed by atoms with Gasteiger partial charge in [-0.1, -0.05) is 66.5 Å². The van der Waals surface area contributed by atoms with Crippen molar-refractivity contribution in [3.8, 4) is 5.75 Å². The summed E-state index contributed by atoms with van der Waals surface area (Å²) in [6, 6.07) is 20.2. The lowest BCUT2D eigenvalue weighted by Crippen LogP contribution is -2.55. The normalized spacial score (nSPS) is 12.4. The predicted octanol–water partition coefficient (Wildman–Crippen LogP) is 6.06. The molecule has 0 heterocycles. The molecule has 1 atom stereocenters. The topological polar surface area (TPSA) is 96.0 Å². The Morgan fingerprint density at radius 3 is 2.12 bits per heavy atom. The van der Waals surface area contributed by atoms with Crippen LogP contribution in [0.3, 0.4) is 0 Å². The summed E-state index contributed by atoms with van der Waals surface area (Å²) >= 11 is 12.3. The number of benzene rings is 3. The third kappa shape index (κ3) is 9.64. The fourth-order valence-electron chi connectivity index (χ4n) is 4.27. The van der Waals surface area contributed by atoms with E-state index in [1.165, 1.54) is 4.90 Å². The lowest BCUT2D eigenvalue weighted by atomic mass is 10.1. The molecule has 3 aromatic carbocycles. The second-order valence-electron chi connectivity index (χ2n) is 11.0. The lowest BCUT2D eigenvalue weighted by molar-refractivity contribution is -0.141. The monoisotopic (exact) mass is 633 g/mol. The molecule has 42 heavy (non-hydrogen) atoms. The maximum atomic E-state index is 13.9. The van der Waals surface area contributed by atoms with E-state index in [1.807, 2.05) is 51.1 Å². The number of nitrogens with one attached hydrogen (secondary N) is 1. The fourth-order valence-corrected chi connectivity index (χ4v) is 5.44. The largest absolute Gasteiger partial charge is 0.489 e. The molecule has 0 unspecified atom stereocenters. The van der Waals surface area contributed by atoms with Crippen molar-refractivity contribution >= 4 is 50.7 Å². The van der Waals surface area contributed by atoms with E-state index in [0.717, 1.165) is 16.1 Å². The summed E-state index contributed by atoms with van der Waals surface area (Å²) in [5, 5.41) is 3.59. The molecule has 8 nitrogen and oxygen atoms in total. The number of hydrogen-bond acceptors (Lipinski definition) is 5. The van der Waals surface area contributed by atoms with Crippen LogP contribution in [0.25, 0.3) is 0 Å². The highest BCUT2D eigenvalue weighted by molar-refractivity contribution is 7.92. The van der Waals surface area contributed by atoms with Gasteiger partial charge in [-0.15, -0.1) is 0 Å². The first-order valence-corrected chi connectivity index (χ1v) is 16.1. The molecule has 0 aliphatic carbocycles. The van der Waals surface area contributed by atoms with E-state index in [1.54, 1.807) is 49.4 Å². The number of carbonyl (C=O) groups excluding carboxylic acids is 2. The number of carbonyl (C=O) groups is 2. The first kappa shape index (κ1) is 33.2. The Hall–Kier alpha value is -3.27. The molecule has 0 spiro atoms. The lowest BCUT2D eigenvalue weighted by Gasteiger charge is -2.34. The molecular formula is C31H37Cl2N3O5S. The zero-order valence-corrected chi connectivity index (χ0v) is 26.8. The number of nitrogens with zero attached hydrogens (tertiary/aromatic N) is 2. The molecule has 0 aromatic heterocycles. The van der Waals surface area contributed by atoms with Crippen LogP contribution in [0.5, 0.6) is 5.75 Å². The Morgan fingerprint density at radius 2 is 1.57 bits per heavy atom. The zero-order valence-electron chi connectivity index (χ0n) is 24.4. The molecule has 3 aromatic rings. The molecule has 0 aliphatic rings. The summed E-state index contributed by atoms with van der Waals surface area (Å²) < 4.78 is 32.6. The van der Waals surface area contributed by atoms with Crippen molar-refractivity contribution < 1.29 is 22.7 Å². The maximum Gasteiger partial charge on any atom is 0.244 e. The number of ether oxygens (including phenoxy) is 1. The predicted molar refractivity (Wildman–Crippen MR) is 168 cm³/mol. The molecule has 2 amide bonds. The van der Waals surface area contributed by atoms with Crippen molar-refractivity contribution in [1.82, 2.24) is 10.2 Å². The number of sulfonamides is 1. The van der Waals surface area contributed by atoms with Gasteiger partial charge in [0.2, 0.25) is 21.8 Å². The summed E-state index contributed by atoms with van der Waals surface area (Å²) in [6.45, 7) is 7.21. The van der Waals surface area contributed by atoms with Crippen LogP contribution in [0.1, 0.15) is 45.2 Å². The van der Waals surface area contributed by atoms with Crippen molar-refractivity contribution in [2.45, 2.75) is 58.8 Å². The second kappa shape index (κ2) is 14.3. The highest BCUT2D eigenvalue weighted by Gasteiger charge is 2.33. The molecule has 0 saturated carbocycles. The zero-order chi connectivity index (χ0) is 31.1. The highest BCUT2D eigenvalue weighted by Crippen LogP contribution is 2.26. The number of anilines is 1. The average molecular weight is 635 g/mol. The Balaban J connectivity index is 1.88. The summed E-state index contributed by atoms with van der Waals surface area (Å²) in [4.78, 5) is 28.6. The second-order valence-corrected chi connectivity index (χ2v) is 13.7. The van der Waals surface area contributed by atoms with Gasteiger partial charge in [0.1, 0.15) is 24.9 Å². The van der Waals surface area contributed by atoms with Gasteiger partial charge in [-0.25, -0.2) is 8.42 Å². The summed E-state index contributed by atoms with van der Waals surface area (Å²) in [5.74, 6) is -0.343. The quantitative estimate of drug-likeness (QED) is 0.261. The third-order valence-electron chi connectivity index (χ3n) is 6.27. The molecule has 1 N–H and O–H groups in total. The van der Waals surface area contributed by atoms with Crippen molar-refractivity contribution in [1.29, 1.82) is 0 Å². The molecule has 0 saturated heterocycles. The Morgan fingerprint density at radius 1 is 0.929 bits per heavy atom.